The first kappa shape index (κ1) is 15.9. The highest BCUT2D eigenvalue weighted by atomic mass is 19.1. The number of fused-ring (bicyclic) bond motifs is 1. The average molecular weight is 337 g/mol. The van der Waals surface area contributed by atoms with Gasteiger partial charge in [-0.2, -0.15) is 0 Å². The molecule has 0 radical (unpaired) electrons. The zero-order valence-corrected chi connectivity index (χ0v) is 13.9. The lowest BCUT2D eigenvalue weighted by Crippen LogP contribution is -2.31. The third-order valence-electron chi connectivity index (χ3n) is 4.71. The van der Waals surface area contributed by atoms with Gasteiger partial charge in [-0.05, 0) is 55.8 Å². The third-order valence-corrected chi connectivity index (χ3v) is 4.71. The number of nitrogens with one attached hydrogen (secondary N) is 1. The van der Waals surface area contributed by atoms with Gasteiger partial charge in [-0.1, -0.05) is 12.1 Å². The number of likely N-dealkylation sites (tertiary alicyclic amines) is 1. The molecule has 3 heterocycles. The normalized spacial score (nSPS) is 16.2. The Morgan fingerprint density at radius 3 is 2.64 bits per heavy atom. The number of aromatic nitrogens is 3. The summed E-state index contributed by atoms with van der Waals surface area (Å²) in [6.07, 6.45) is 5.67. The van der Waals surface area contributed by atoms with Gasteiger partial charge in [0.15, 0.2) is 5.65 Å². The molecule has 6 heteroatoms. The monoisotopic (exact) mass is 337 g/mol. The summed E-state index contributed by atoms with van der Waals surface area (Å²) in [5.74, 6) is 0.578. The first-order valence-electron chi connectivity index (χ1n) is 8.60. The van der Waals surface area contributed by atoms with E-state index in [1.807, 2.05) is 24.3 Å². The van der Waals surface area contributed by atoms with Crippen molar-refractivity contribution in [3.63, 3.8) is 0 Å². The van der Waals surface area contributed by atoms with Gasteiger partial charge in [0.1, 0.15) is 18.0 Å². The molecule has 1 aliphatic rings. The second-order valence-corrected chi connectivity index (χ2v) is 6.29. The van der Waals surface area contributed by atoms with E-state index in [9.17, 15) is 4.39 Å². The molecule has 1 fully saturated rings. The van der Waals surface area contributed by atoms with Crippen LogP contribution in [0.3, 0.4) is 0 Å². The van der Waals surface area contributed by atoms with Crippen LogP contribution in [0.2, 0.25) is 0 Å². The summed E-state index contributed by atoms with van der Waals surface area (Å²) in [4.78, 5) is 15.3. The Morgan fingerprint density at radius 2 is 1.84 bits per heavy atom. The number of anilines is 1. The summed E-state index contributed by atoms with van der Waals surface area (Å²) in [5.41, 5.74) is 1.80. The number of hydrogen-bond acceptors (Lipinski definition) is 5. The number of benzene rings is 1. The zero-order valence-electron chi connectivity index (χ0n) is 13.9. The lowest BCUT2D eigenvalue weighted by molar-refractivity contribution is 0.256. The molecule has 0 aliphatic carbocycles. The molecule has 2 aromatic heterocycles. The summed E-state index contributed by atoms with van der Waals surface area (Å²) in [6, 6.07) is 10.8. The van der Waals surface area contributed by atoms with Gasteiger partial charge in [-0.3, -0.25) is 4.90 Å². The Labute approximate surface area is 145 Å². The first-order valence-corrected chi connectivity index (χ1v) is 8.60. The van der Waals surface area contributed by atoms with Crippen molar-refractivity contribution in [1.29, 1.82) is 0 Å². The molecule has 0 spiro atoms. The molecule has 1 N–H and O–H groups in total. The molecule has 3 aromatic rings. The molecule has 25 heavy (non-hydrogen) atoms. The lowest BCUT2D eigenvalue weighted by atomic mass is 10.1. The topological polar surface area (TPSA) is 53.9 Å². The van der Waals surface area contributed by atoms with E-state index in [1.165, 1.54) is 31.3 Å². The maximum atomic E-state index is 13.3. The fourth-order valence-corrected chi connectivity index (χ4v) is 3.43. The fourth-order valence-electron chi connectivity index (χ4n) is 3.43. The van der Waals surface area contributed by atoms with Crippen LogP contribution < -0.4 is 5.32 Å². The zero-order chi connectivity index (χ0) is 17.1. The molecular formula is C19H20FN5. The van der Waals surface area contributed by atoms with Gasteiger partial charge in [0.2, 0.25) is 0 Å². The molecule has 1 unspecified atom stereocenters. The number of hydrogen-bond donors (Lipinski definition) is 1. The van der Waals surface area contributed by atoms with Gasteiger partial charge in [-0.25, -0.2) is 19.3 Å². The van der Waals surface area contributed by atoms with Gasteiger partial charge in [0, 0.05) is 12.7 Å². The quantitative estimate of drug-likeness (QED) is 0.773. The molecular weight excluding hydrogens is 317 g/mol. The van der Waals surface area contributed by atoms with Crippen LogP contribution >= 0.6 is 0 Å². The highest BCUT2D eigenvalue weighted by molar-refractivity contribution is 5.85. The Balaban J connectivity index is 1.59. The van der Waals surface area contributed by atoms with Crippen molar-refractivity contribution in [2.45, 2.75) is 18.9 Å². The SMILES string of the molecule is Fc1ccc(C(CNc2ncnc3ncccc23)N2CCCC2)cc1. The van der Waals surface area contributed by atoms with E-state index >= 15 is 0 Å². The Hall–Kier alpha value is -2.60. The van der Waals surface area contributed by atoms with Crippen LogP contribution in [0.15, 0.2) is 48.9 Å². The van der Waals surface area contributed by atoms with Crippen LogP contribution in [-0.2, 0) is 0 Å². The summed E-state index contributed by atoms with van der Waals surface area (Å²) in [6.45, 7) is 2.83. The van der Waals surface area contributed by atoms with Crippen LogP contribution in [0.1, 0.15) is 24.4 Å². The lowest BCUT2D eigenvalue weighted by Gasteiger charge is -2.28. The van der Waals surface area contributed by atoms with Crippen LogP contribution in [-0.4, -0.2) is 39.5 Å². The molecule has 1 aliphatic heterocycles. The smallest absolute Gasteiger partial charge is 0.164 e. The van der Waals surface area contributed by atoms with Crippen molar-refractivity contribution in [3.05, 3.63) is 60.3 Å². The summed E-state index contributed by atoms with van der Waals surface area (Å²) in [5, 5.41) is 4.36. The molecule has 1 saturated heterocycles. The fraction of sp³-hybridized carbons (Fsp3) is 0.316. The second-order valence-electron chi connectivity index (χ2n) is 6.29. The summed E-state index contributed by atoms with van der Waals surface area (Å²) >= 11 is 0. The van der Waals surface area contributed by atoms with E-state index in [-0.39, 0.29) is 11.9 Å². The van der Waals surface area contributed by atoms with Crippen molar-refractivity contribution in [2.24, 2.45) is 0 Å². The maximum Gasteiger partial charge on any atom is 0.164 e. The predicted octanol–water partition coefficient (Wildman–Crippen LogP) is 3.41. The van der Waals surface area contributed by atoms with Gasteiger partial charge < -0.3 is 5.32 Å². The minimum absolute atomic E-state index is 0.185. The van der Waals surface area contributed by atoms with Crippen molar-refractivity contribution >= 4 is 16.9 Å². The summed E-state index contributed by atoms with van der Waals surface area (Å²) < 4.78 is 13.3. The molecule has 0 amide bonds. The number of pyridine rings is 1. The predicted molar refractivity (Wildman–Crippen MR) is 95.8 cm³/mol. The number of rotatable bonds is 5. The third kappa shape index (κ3) is 3.44. The molecule has 4 rings (SSSR count). The van der Waals surface area contributed by atoms with E-state index in [2.05, 4.69) is 25.2 Å². The van der Waals surface area contributed by atoms with Gasteiger partial charge in [-0.15, -0.1) is 0 Å². The number of nitrogens with zero attached hydrogens (tertiary/aromatic N) is 4. The van der Waals surface area contributed by atoms with Gasteiger partial charge >= 0.3 is 0 Å². The summed E-state index contributed by atoms with van der Waals surface area (Å²) in [7, 11) is 0. The van der Waals surface area contributed by atoms with Crippen molar-refractivity contribution in [2.75, 3.05) is 25.0 Å². The molecule has 1 aromatic carbocycles. The Kier molecular flexibility index (Phi) is 4.52. The van der Waals surface area contributed by atoms with E-state index in [0.717, 1.165) is 29.9 Å². The van der Waals surface area contributed by atoms with Crippen molar-refractivity contribution in [3.8, 4) is 0 Å². The van der Waals surface area contributed by atoms with Crippen LogP contribution in [0.5, 0.6) is 0 Å². The highest BCUT2D eigenvalue weighted by Gasteiger charge is 2.23. The Bertz CT molecular complexity index is 841. The molecule has 5 nitrogen and oxygen atoms in total. The van der Waals surface area contributed by atoms with Crippen LogP contribution in [0, 0.1) is 5.82 Å². The van der Waals surface area contributed by atoms with Gasteiger partial charge in [0.25, 0.3) is 0 Å². The molecule has 0 saturated carbocycles. The van der Waals surface area contributed by atoms with Gasteiger partial charge in [0.05, 0.1) is 11.4 Å². The van der Waals surface area contributed by atoms with E-state index in [1.54, 1.807) is 6.20 Å². The molecule has 128 valence electrons. The average Bonchev–Trinajstić information content (AvgIpc) is 3.18. The maximum absolute atomic E-state index is 13.3. The van der Waals surface area contributed by atoms with Crippen LogP contribution in [0.4, 0.5) is 10.2 Å². The van der Waals surface area contributed by atoms with Crippen molar-refractivity contribution < 1.29 is 4.39 Å². The second kappa shape index (κ2) is 7.11. The van der Waals surface area contributed by atoms with E-state index in [0.29, 0.717) is 12.2 Å². The largest absolute Gasteiger partial charge is 0.367 e. The van der Waals surface area contributed by atoms with E-state index in [4.69, 9.17) is 0 Å². The number of halogens is 1. The molecule has 0 bridgehead atoms. The molecule has 1 atom stereocenters. The van der Waals surface area contributed by atoms with E-state index < -0.39 is 0 Å². The van der Waals surface area contributed by atoms with Crippen LogP contribution in [0.25, 0.3) is 11.0 Å². The highest BCUT2D eigenvalue weighted by Crippen LogP contribution is 2.26. The minimum Gasteiger partial charge on any atom is -0.367 e. The minimum atomic E-state index is -0.204. The standard InChI is InChI=1S/C19H20FN5/c20-15-7-5-14(6-8-15)17(25-10-1-2-11-25)12-22-19-16-4-3-9-21-18(16)23-13-24-19/h3-9,13,17H,1-2,10-12H2,(H,21,22,23,24). The Morgan fingerprint density at radius 1 is 1.04 bits per heavy atom. The van der Waals surface area contributed by atoms with Crippen molar-refractivity contribution in [1.82, 2.24) is 19.9 Å². The first-order chi connectivity index (χ1) is 12.3.